The fourth-order valence-corrected chi connectivity index (χ4v) is 3.09. The second kappa shape index (κ2) is 4.53. The Morgan fingerprint density at radius 3 is 2.64 bits per heavy atom. The SMILES string of the molecule is O[C@@]1(CSS)CCC[C@H](C(F)(F)F)C1. The van der Waals surface area contributed by atoms with Crippen molar-refractivity contribution >= 4 is 22.5 Å². The number of thiol groups is 1. The maximum absolute atomic E-state index is 12.4. The van der Waals surface area contributed by atoms with Gasteiger partial charge in [-0.2, -0.15) is 13.2 Å². The highest BCUT2D eigenvalue weighted by molar-refractivity contribution is 8.68. The van der Waals surface area contributed by atoms with Crippen molar-refractivity contribution in [2.75, 3.05) is 5.75 Å². The van der Waals surface area contributed by atoms with Crippen LogP contribution in [0.2, 0.25) is 0 Å². The molecule has 1 saturated carbocycles. The average molecular weight is 246 g/mol. The fourth-order valence-electron chi connectivity index (χ4n) is 1.87. The predicted molar refractivity (Wildman–Crippen MR) is 54.4 cm³/mol. The van der Waals surface area contributed by atoms with Crippen LogP contribution in [0.25, 0.3) is 0 Å². The van der Waals surface area contributed by atoms with E-state index in [1.807, 2.05) is 0 Å². The van der Waals surface area contributed by atoms with Gasteiger partial charge in [0, 0.05) is 5.75 Å². The number of aliphatic hydroxyl groups is 1. The van der Waals surface area contributed by atoms with Crippen LogP contribution in [0.3, 0.4) is 0 Å². The molecule has 1 N–H and O–H groups in total. The lowest BCUT2D eigenvalue weighted by atomic mass is 9.79. The minimum Gasteiger partial charge on any atom is -0.389 e. The highest BCUT2D eigenvalue weighted by Gasteiger charge is 2.46. The zero-order chi connectivity index (χ0) is 10.8. The van der Waals surface area contributed by atoms with E-state index in [-0.39, 0.29) is 18.6 Å². The normalized spacial score (nSPS) is 34.5. The van der Waals surface area contributed by atoms with Gasteiger partial charge in [-0.25, -0.2) is 0 Å². The molecular formula is C8H13F3OS2. The Hall–Kier alpha value is 0.450. The second-order valence-electron chi connectivity index (χ2n) is 3.83. The van der Waals surface area contributed by atoms with Crippen molar-refractivity contribution < 1.29 is 18.3 Å². The maximum Gasteiger partial charge on any atom is 0.391 e. The van der Waals surface area contributed by atoms with E-state index in [4.69, 9.17) is 0 Å². The van der Waals surface area contributed by atoms with Crippen LogP contribution in [0.1, 0.15) is 25.7 Å². The molecule has 1 aliphatic carbocycles. The minimum absolute atomic E-state index is 0.142. The first-order chi connectivity index (χ1) is 6.37. The molecule has 0 heterocycles. The molecule has 1 rings (SSSR count). The van der Waals surface area contributed by atoms with Gasteiger partial charge < -0.3 is 5.11 Å². The average Bonchev–Trinajstić information content (AvgIpc) is 2.02. The zero-order valence-corrected chi connectivity index (χ0v) is 9.26. The molecular weight excluding hydrogens is 233 g/mol. The van der Waals surface area contributed by atoms with Crippen LogP contribution in [0.15, 0.2) is 0 Å². The summed E-state index contributed by atoms with van der Waals surface area (Å²) in [6.07, 6.45) is -3.31. The smallest absolute Gasteiger partial charge is 0.389 e. The van der Waals surface area contributed by atoms with Gasteiger partial charge in [0.1, 0.15) is 0 Å². The molecule has 1 aliphatic rings. The Balaban J connectivity index is 2.59. The minimum atomic E-state index is -4.17. The first-order valence-electron chi connectivity index (χ1n) is 4.43. The number of halogens is 3. The Morgan fingerprint density at radius 1 is 1.50 bits per heavy atom. The highest BCUT2D eigenvalue weighted by atomic mass is 33.1. The summed E-state index contributed by atoms with van der Waals surface area (Å²) >= 11 is 3.86. The van der Waals surface area contributed by atoms with E-state index in [1.165, 1.54) is 0 Å². The van der Waals surface area contributed by atoms with Crippen LogP contribution in [-0.2, 0) is 0 Å². The predicted octanol–water partition coefficient (Wildman–Crippen LogP) is 3.05. The third-order valence-electron chi connectivity index (χ3n) is 2.62. The van der Waals surface area contributed by atoms with Crippen LogP contribution in [-0.4, -0.2) is 22.6 Å². The lowest BCUT2D eigenvalue weighted by Crippen LogP contribution is -2.41. The third kappa shape index (κ3) is 3.24. The summed E-state index contributed by atoms with van der Waals surface area (Å²) in [4.78, 5) is 0. The number of alkyl halides is 3. The zero-order valence-electron chi connectivity index (χ0n) is 7.55. The molecule has 84 valence electrons. The Bertz CT molecular complexity index is 194. The van der Waals surface area contributed by atoms with Gasteiger partial charge in [0.2, 0.25) is 0 Å². The number of hydrogen-bond donors (Lipinski definition) is 2. The van der Waals surface area contributed by atoms with Crippen molar-refractivity contribution in [2.24, 2.45) is 5.92 Å². The van der Waals surface area contributed by atoms with E-state index in [9.17, 15) is 18.3 Å². The molecule has 0 aromatic rings. The molecule has 0 aliphatic heterocycles. The maximum atomic E-state index is 12.4. The summed E-state index contributed by atoms with van der Waals surface area (Å²) in [7, 11) is 1.10. The number of hydrogen-bond acceptors (Lipinski definition) is 3. The molecule has 1 fully saturated rings. The summed E-state index contributed by atoms with van der Waals surface area (Å²) in [5.74, 6) is -1.08. The van der Waals surface area contributed by atoms with Crippen LogP contribution < -0.4 is 0 Å². The van der Waals surface area contributed by atoms with Crippen LogP contribution in [0.5, 0.6) is 0 Å². The first kappa shape index (κ1) is 12.5. The van der Waals surface area contributed by atoms with Crippen molar-refractivity contribution in [1.82, 2.24) is 0 Å². The van der Waals surface area contributed by atoms with E-state index >= 15 is 0 Å². The van der Waals surface area contributed by atoms with Crippen molar-refractivity contribution in [2.45, 2.75) is 37.5 Å². The van der Waals surface area contributed by atoms with Gasteiger partial charge >= 0.3 is 6.18 Å². The quantitative estimate of drug-likeness (QED) is 0.577. The molecule has 0 aromatic carbocycles. The summed E-state index contributed by atoms with van der Waals surface area (Å²) in [5.41, 5.74) is -1.18. The molecule has 0 amide bonds. The van der Waals surface area contributed by atoms with E-state index in [2.05, 4.69) is 11.7 Å². The Morgan fingerprint density at radius 2 is 2.14 bits per heavy atom. The Labute approximate surface area is 90.3 Å². The molecule has 1 nitrogen and oxygen atoms in total. The Kier molecular flexibility index (Phi) is 4.05. The third-order valence-corrected chi connectivity index (χ3v) is 3.67. The second-order valence-corrected chi connectivity index (χ2v) is 5.15. The van der Waals surface area contributed by atoms with Crippen LogP contribution in [0.4, 0.5) is 13.2 Å². The van der Waals surface area contributed by atoms with Crippen molar-refractivity contribution in [3.63, 3.8) is 0 Å². The van der Waals surface area contributed by atoms with Crippen LogP contribution in [0, 0.1) is 5.92 Å². The largest absolute Gasteiger partial charge is 0.391 e. The first-order valence-corrected chi connectivity index (χ1v) is 6.47. The number of rotatable bonds is 2. The molecule has 0 bridgehead atoms. The van der Waals surface area contributed by atoms with Gasteiger partial charge in [-0.15, -0.1) is 11.7 Å². The summed E-state index contributed by atoms with van der Waals surface area (Å²) < 4.78 is 37.2. The molecule has 6 heteroatoms. The van der Waals surface area contributed by atoms with Gasteiger partial charge in [0.25, 0.3) is 0 Å². The summed E-state index contributed by atoms with van der Waals surface area (Å²) in [6, 6.07) is 0. The topological polar surface area (TPSA) is 20.2 Å². The van der Waals surface area contributed by atoms with Gasteiger partial charge in [-0.3, -0.25) is 0 Å². The van der Waals surface area contributed by atoms with E-state index in [0.717, 1.165) is 10.8 Å². The molecule has 0 saturated heterocycles. The lowest BCUT2D eigenvalue weighted by molar-refractivity contribution is -0.198. The lowest BCUT2D eigenvalue weighted by Gasteiger charge is -2.36. The van der Waals surface area contributed by atoms with Gasteiger partial charge in [-0.1, -0.05) is 10.8 Å². The van der Waals surface area contributed by atoms with E-state index in [1.54, 1.807) is 0 Å². The molecule has 0 radical (unpaired) electrons. The highest BCUT2D eigenvalue weighted by Crippen LogP contribution is 2.42. The standard InChI is InChI=1S/C8H13F3OS2/c9-8(10,11)6-2-1-3-7(12,4-6)5-14-13/h6,12-13H,1-5H2/t6-,7-/m0/s1. The van der Waals surface area contributed by atoms with Crippen molar-refractivity contribution in [1.29, 1.82) is 0 Å². The van der Waals surface area contributed by atoms with E-state index in [0.29, 0.717) is 12.8 Å². The molecule has 0 unspecified atom stereocenters. The molecule has 0 spiro atoms. The van der Waals surface area contributed by atoms with Crippen molar-refractivity contribution in [3.05, 3.63) is 0 Å². The summed E-state index contributed by atoms with van der Waals surface area (Å²) in [6.45, 7) is 0. The van der Waals surface area contributed by atoms with Gasteiger partial charge in [0.15, 0.2) is 0 Å². The van der Waals surface area contributed by atoms with Gasteiger partial charge in [-0.05, 0) is 25.7 Å². The molecule has 0 aromatic heterocycles. The molecule has 14 heavy (non-hydrogen) atoms. The van der Waals surface area contributed by atoms with Crippen molar-refractivity contribution in [3.8, 4) is 0 Å². The van der Waals surface area contributed by atoms with Crippen LogP contribution >= 0.6 is 22.5 Å². The van der Waals surface area contributed by atoms with E-state index < -0.39 is 17.7 Å². The van der Waals surface area contributed by atoms with Gasteiger partial charge in [0.05, 0.1) is 11.5 Å². The fraction of sp³-hybridized carbons (Fsp3) is 1.00. The summed E-state index contributed by atoms with van der Waals surface area (Å²) in [5, 5.41) is 9.84. The monoisotopic (exact) mass is 246 g/mol. The molecule has 2 atom stereocenters.